The quantitative estimate of drug-likeness (QED) is 0.353. The highest BCUT2D eigenvalue weighted by Gasteiger charge is 2.18. The second-order valence-electron chi connectivity index (χ2n) is 8.40. The van der Waals surface area contributed by atoms with Gasteiger partial charge in [-0.3, -0.25) is 4.79 Å². The summed E-state index contributed by atoms with van der Waals surface area (Å²) < 4.78 is 18.7. The molecular weight excluding hydrogens is 512 g/mol. The van der Waals surface area contributed by atoms with Crippen LogP contribution in [0.1, 0.15) is 12.5 Å². The molecule has 10 heteroatoms. The summed E-state index contributed by atoms with van der Waals surface area (Å²) in [5.41, 5.74) is 4.72. The zero-order valence-electron chi connectivity index (χ0n) is 19.7. The van der Waals surface area contributed by atoms with Gasteiger partial charge in [0.05, 0.1) is 22.8 Å². The number of nitrogens with zero attached hydrogens (tertiary/aromatic N) is 3. The summed E-state index contributed by atoms with van der Waals surface area (Å²) in [6.07, 6.45) is 0. The number of hydrogen-bond acceptors (Lipinski definition) is 7. The lowest BCUT2D eigenvalue weighted by Gasteiger charge is -2.19. The first-order valence-electron chi connectivity index (χ1n) is 11.6. The lowest BCUT2D eigenvalue weighted by atomic mass is 10.1. The fourth-order valence-electron chi connectivity index (χ4n) is 4.02. The molecule has 6 rings (SSSR count). The summed E-state index contributed by atoms with van der Waals surface area (Å²) in [5, 5.41) is 10.5. The Bertz CT molecular complexity index is 1610. The molecule has 2 aliphatic rings. The van der Waals surface area contributed by atoms with Crippen LogP contribution in [0.3, 0.4) is 0 Å². The fraction of sp³-hybridized carbons (Fsp3) is 0.148. The standard InChI is InChI=1S/C27H21ClN4O4S/c1-16(17-2-9-24-25(13-17)35-11-10-34-24)31-32-22(15-37-27(32)29-20-6-4-19(28)5-7-20)18-3-8-23-21(12-18)30-26(33)14-36-23/h2-9,12-13,15H,10-11,14H2,1H3,(H,30,33). The molecule has 4 aromatic rings. The van der Waals surface area contributed by atoms with E-state index in [2.05, 4.69) is 5.32 Å². The Morgan fingerprint density at radius 1 is 0.973 bits per heavy atom. The van der Waals surface area contributed by atoms with Gasteiger partial charge in [-0.05, 0) is 67.6 Å². The summed E-state index contributed by atoms with van der Waals surface area (Å²) >= 11 is 7.52. The van der Waals surface area contributed by atoms with E-state index in [-0.39, 0.29) is 12.5 Å². The van der Waals surface area contributed by atoms with Gasteiger partial charge in [0, 0.05) is 21.5 Å². The molecule has 1 N–H and O–H groups in total. The van der Waals surface area contributed by atoms with Crippen LogP contribution in [-0.4, -0.2) is 36.1 Å². The number of benzene rings is 3. The number of carbonyl (C=O) groups is 1. The summed E-state index contributed by atoms with van der Waals surface area (Å²) in [4.78, 5) is 17.4. The smallest absolute Gasteiger partial charge is 0.262 e. The molecule has 0 radical (unpaired) electrons. The minimum absolute atomic E-state index is 0.00788. The summed E-state index contributed by atoms with van der Waals surface area (Å²) in [7, 11) is 0. The van der Waals surface area contributed by atoms with Crippen LogP contribution in [0.4, 0.5) is 11.4 Å². The van der Waals surface area contributed by atoms with Gasteiger partial charge in [-0.15, -0.1) is 11.3 Å². The van der Waals surface area contributed by atoms with Crippen molar-refractivity contribution in [1.82, 2.24) is 4.68 Å². The van der Waals surface area contributed by atoms with Crippen molar-refractivity contribution in [3.05, 3.63) is 81.4 Å². The molecule has 0 saturated heterocycles. The first-order valence-corrected chi connectivity index (χ1v) is 12.8. The number of hydrogen-bond donors (Lipinski definition) is 1. The fourth-order valence-corrected chi connectivity index (χ4v) is 4.99. The Hall–Kier alpha value is -4.08. The lowest BCUT2D eigenvalue weighted by Crippen LogP contribution is -2.25. The Kier molecular flexibility index (Phi) is 6.15. The molecule has 0 spiro atoms. The van der Waals surface area contributed by atoms with Crippen molar-refractivity contribution >= 4 is 45.9 Å². The number of fused-ring (bicyclic) bond motifs is 2. The summed E-state index contributed by atoms with van der Waals surface area (Å²) in [5.74, 6) is 1.87. The number of aromatic nitrogens is 1. The Balaban J connectivity index is 1.47. The average Bonchev–Trinajstić information content (AvgIpc) is 3.30. The second-order valence-corrected chi connectivity index (χ2v) is 9.67. The number of amides is 1. The van der Waals surface area contributed by atoms with Gasteiger partial charge in [0.2, 0.25) is 4.80 Å². The molecule has 0 atom stereocenters. The van der Waals surface area contributed by atoms with Crippen molar-refractivity contribution < 1.29 is 19.0 Å². The molecule has 3 heterocycles. The van der Waals surface area contributed by atoms with Crippen molar-refractivity contribution in [3.63, 3.8) is 0 Å². The van der Waals surface area contributed by atoms with E-state index >= 15 is 0 Å². The van der Waals surface area contributed by atoms with Crippen molar-refractivity contribution in [2.75, 3.05) is 25.1 Å². The van der Waals surface area contributed by atoms with E-state index in [1.165, 1.54) is 11.3 Å². The summed E-state index contributed by atoms with van der Waals surface area (Å²) in [6, 6.07) is 18.8. The van der Waals surface area contributed by atoms with Crippen molar-refractivity contribution in [2.24, 2.45) is 10.1 Å². The Morgan fingerprint density at radius 3 is 2.59 bits per heavy atom. The van der Waals surface area contributed by atoms with Crippen LogP contribution in [0.15, 0.2) is 76.1 Å². The van der Waals surface area contributed by atoms with Gasteiger partial charge in [0.1, 0.15) is 19.0 Å². The van der Waals surface area contributed by atoms with Crippen molar-refractivity contribution in [2.45, 2.75) is 6.92 Å². The van der Waals surface area contributed by atoms with Crippen LogP contribution < -0.4 is 24.3 Å². The molecule has 1 amide bonds. The monoisotopic (exact) mass is 532 g/mol. The zero-order chi connectivity index (χ0) is 25.4. The lowest BCUT2D eigenvalue weighted by molar-refractivity contribution is -0.118. The first kappa shape index (κ1) is 23.3. The largest absolute Gasteiger partial charge is 0.486 e. The average molecular weight is 533 g/mol. The van der Waals surface area contributed by atoms with Gasteiger partial charge in [-0.1, -0.05) is 11.6 Å². The molecule has 186 valence electrons. The maximum absolute atomic E-state index is 11.9. The third kappa shape index (κ3) is 4.83. The molecule has 8 nitrogen and oxygen atoms in total. The van der Waals surface area contributed by atoms with Gasteiger partial charge in [-0.25, -0.2) is 9.67 Å². The first-order chi connectivity index (χ1) is 18.0. The van der Waals surface area contributed by atoms with Gasteiger partial charge >= 0.3 is 0 Å². The Morgan fingerprint density at radius 2 is 1.76 bits per heavy atom. The number of rotatable bonds is 4. The highest BCUT2D eigenvalue weighted by molar-refractivity contribution is 7.07. The number of ether oxygens (including phenoxy) is 3. The highest BCUT2D eigenvalue weighted by atomic mass is 35.5. The number of anilines is 1. The van der Waals surface area contributed by atoms with Crippen LogP contribution in [0.25, 0.3) is 11.3 Å². The predicted molar refractivity (Wildman–Crippen MR) is 144 cm³/mol. The molecule has 1 aromatic heterocycles. The van der Waals surface area contributed by atoms with Crippen LogP contribution in [-0.2, 0) is 4.79 Å². The van der Waals surface area contributed by atoms with Crippen LogP contribution in [0.5, 0.6) is 17.2 Å². The maximum Gasteiger partial charge on any atom is 0.262 e. The van der Waals surface area contributed by atoms with Gasteiger partial charge in [0.25, 0.3) is 5.91 Å². The van der Waals surface area contributed by atoms with Crippen molar-refractivity contribution in [1.29, 1.82) is 0 Å². The molecule has 0 fully saturated rings. The minimum Gasteiger partial charge on any atom is -0.486 e. The second kappa shape index (κ2) is 9.76. The van der Waals surface area contributed by atoms with E-state index in [0.29, 0.717) is 40.2 Å². The molecule has 0 saturated carbocycles. The van der Waals surface area contributed by atoms with E-state index in [9.17, 15) is 4.79 Å². The molecule has 0 unspecified atom stereocenters. The molecule has 0 aliphatic carbocycles. The molecule has 37 heavy (non-hydrogen) atoms. The van der Waals surface area contributed by atoms with Gasteiger partial charge in [-0.2, -0.15) is 5.10 Å². The number of carbonyl (C=O) groups excluding carboxylic acids is 1. The van der Waals surface area contributed by atoms with Crippen LogP contribution >= 0.6 is 22.9 Å². The van der Waals surface area contributed by atoms with E-state index in [1.807, 2.05) is 60.8 Å². The van der Waals surface area contributed by atoms with E-state index in [0.717, 1.165) is 34.0 Å². The number of nitrogens with one attached hydrogen (secondary N) is 1. The topological polar surface area (TPSA) is 86.4 Å². The molecular formula is C27H21ClN4O4S. The Labute approximate surface area is 221 Å². The SMILES string of the molecule is CC(=Nn1c(-c2ccc3c(c2)NC(=O)CO3)csc1=Nc1ccc(Cl)cc1)c1ccc2c(c1)OCCO2. The van der Waals surface area contributed by atoms with Gasteiger partial charge in [0.15, 0.2) is 18.1 Å². The molecule has 0 bridgehead atoms. The molecule has 2 aliphatic heterocycles. The highest BCUT2D eigenvalue weighted by Crippen LogP contribution is 2.34. The predicted octanol–water partition coefficient (Wildman–Crippen LogP) is 5.48. The minimum atomic E-state index is -0.186. The van der Waals surface area contributed by atoms with E-state index in [4.69, 9.17) is 35.9 Å². The number of halogens is 1. The van der Waals surface area contributed by atoms with Crippen LogP contribution in [0, 0.1) is 0 Å². The van der Waals surface area contributed by atoms with Gasteiger partial charge < -0.3 is 19.5 Å². The third-order valence-corrected chi connectivity index (χ3v) is 6.92. The van der Waals surface area contributed by atoms with Crippen molar-refractivity contribution in [3.8, 4) is 28.5 Å². The normalized spacial score (nSPS) is 15.1. The maximum atomic E-state index is 11.9. The van der Waals surface area contributed by atoms with E-state index in [1.54, 1.807) is 16.8 Å². The molecule has 3 aromatic carbocycles. The summed E-state index contributed by atoms with van der Waals surface area (Å²) in [6.45, 7) is 2.99. The van der Waals surface area contributed by atoms with E-state index < -0.39 is 0 Å². The zero-order valence-corrected chi connectivity index (χ0v) is 21.3. The number of thiazole rings is 1. The van der Waals surface area contributed by atoms with Crippen LogP contribution in [0.2, 0.25) is 5.02 Å². The third-order valence-electron chi connectivity index (χ3n) is 5.85.